The molecule has 0 radical (unpaired) electrons. The molecule has 1 aromatic carbocycles. The maximum atomic E-state index is 11.3. The fourth-order valence-electron chi connectivity index (χ4n) is 2.39. The van der Waals surface area contributed by atoms with Gasteiger partial charge in [-0.1, -0.05) is 36.8 Å². The Morgan fingerprint density at radius 2 is 2.00 bits per heavy atom. The van der Waals surface area contributed by atoms with E-state index in [0.717, 1.165) is 36.2 Å². The topological polar surface area (TPSA) is 22.0 Å². The maximum absolute atomic E-state index is 11.3. The molecule has 0 amide bonds. The predicted octanol–water partition coefficient (Wildman–Crippen LogP) is 3.53. The molecule has 0 aliphatic rings. The smallest absolute Gasteiger partial charge is 0.166 e. The minimum atomic E-state index is 0.765. The van der Waals surface area contributed by atoms with Crippen LogP contribution in [-0.4, -0.2) is 10.9 Å². The molecule has 0 saturated carbocycles. The third kappa shape index (κ3) is 2.37. The Hall–Kier alpha value is -1.83. The molecule has 18 heavy (non-hydrogen) atoms. The van der Waals surface area contributed by atoms with Crippen molar-refractivity contribution in [2.24, 2.45) is 0 Å². The van der Waals surface area contributed by atoms with E-state index < -0.39 is 0 Å². The monoisotopic (exact) mass is 241 g/mol. The van der Waals surface area contributed by atoms with Crippen molar-refractivity contribution in [3.05, 3.63) is 58.4 Å². The van der Waals surface area contributed by atoms with Gasteiger partial charge in [0.15, 0.2) is 6.29 Å². The quantitative estimate of drug-likeness (QED) is 0.751. The van der Waals surface area contributed by atoms with Crippen molar-refractivity contribution in [2.45, 2.75) is 33.7 Å². The van der Waals surface area contributed by atoms with Gasteiger partial charge in [-0.2, -0.15) is 0 Å². The van der Waals surface area contributed by atoms with Gasteiger partial charge in [-0.05, 0) is 37.5 Å². The molecule has 0 aliphatic carbocycles. The lowest BCUT2D eigenvalue weighted by atomic mass is 10.1. The summed E-state index contributed by atoms with van der Waals surface area (Å²) >= 11 is 0. The van der Waals surface area contributed by atoms with Crippen molar-refractivity contribution in [3.8, 4) is 0 Å². The Morgan fingerprint density at radius 1 is 1.22 bits per heavy atom. The van der Waals surface area contributed by atoms with Crippen molar-refractivity contribution in [3.63, 3.8) is 0 Å². The molecule has 2 aromatic rings. The first-order valence-electron chi connectivity index (χ1n) is 6.35. The minimum Gasteiger partial charge on any atom is -0.338 e. The molecular weight excluding hydrogens is 222 g/mol. The van der Waals surface area contributed by atoms with E-state index in [1.807, 2.05) is 0 Å². The fourth-order valence-corrected chi connectivity index (χ4v) is 2.39. The van der Waals surface area contributed by atoms with Crippen molar-refractivity contribution in [1.82, 2.24) is 4.57 Å². The number of aromatic nitrogens is 1. The second kappa shape index (κ2) is 5.21. The summed E-state index contributed by atoms with van der Waals surface area (Å²) < 4.78 is 2.10. The van der Waals surface area contributed by atoms with Gasteiger partial charge in [0.1, 0.15) is 0 Å². The number of rotatable bonds is 4. The normalized spacial score (nSPS) is 10.6. The van der Waals surface area contributed by atoms with Crippen LogP contribution in [0.2, 0.25) is 0 Å². The molecule has 1 heterocycles. The summed E-state index contributed by atoms with van der Waals surface area (Å²) in [5, 5.41) is 0. The van der Waals surface area contributed by atoms with Gasteiger partial charge in [-0.15, -0.1) is 0 Å². The first-order valence-corrected chi connectivity index (χ1v) is 6.35. The summed E-state index contributed by atoms with van der Waals surface area (Å²) in [7, 11) is 0. The molecule has 2 rings (SSSR count). The zero-order chi connectivity index (χ0) is 13.1. The largest absolute Gasteiger partial charge is 0.338 e. The van der Waals surface area contributed by atoms with Gasteiger partial charge in [-0.25, -0.2) is 0 Å². The molecule has 2 nitrogen and oxygen atoms in total. The summed E-state index contributed by atoms with van der Waals surface area (Å²) in [6, 6.07) is 10.5. The first kappa shape index (κ1) is 12.6. The van der Waals surface area contributed by atoms with Crippen LogP contribution in [0.5, 0.6) is 0 Å². The zero-order valence-electron chi connectivity index (χ0n) is 11.2. The lowest BCUT2D eigenvalue weighted by molar-refractivity contribution is 0.111. The first-order chi connectivity index (χ1) is 8.65. The van der Waals surface area contributed by atoms with Gasteiger partial charge in [0.05, 0.1) is 5.69 Å². The van der Waals surface area contributed by atoms with E-state index in [1.54, 1.807) is 0 Å². The number of benzene rings is 1. The summed E-state index contributed by atoms with van der Waals surface area (Å²) in [5.74, 6) is 0. The van der Waals surface area contributed by atoms with Gasteiger partial charge in [0, 0.05) is 12.2 Å². The van der Waals surface area contributed by atoms with Crippen molar-refractivity contribution >= 4 is 6.29 Å². The fraction of sp³-hybridized carbons (Fsp3) is 0.312. The summed E-state index contributed by atoms with van der Waals surface area (Å²) in [5.41, 5.74) is 5.59. The van der Waals surface area contributed by atoms with Crippen molar-refractivity contribution in [1.29, 1.82) is 0 Å². The SMILES string of the molecule is CCc1cc(C)n(Cc2cccc(C)c2)c1C=O. The van der Waals surface area contributed by atoms with Gasteiger partial charge in [-0.3, -0.25) is 4.79 Å². The number of hydrogen-bond donors (Lipinski definition) is 0. The van der Waals surface area contributed by atoms with E-state index >= 15 is 0 Å². The van der Waals surface area contributed by atoms with E-state index in [-0.39, 0.29) is 0 Å². The van der Waals surface area contributed by atoms with Gasteiger partial charge < -0.3 is 4.57 Å². The molecule has 0 aliphatic heterocycles. The van der Waals surface area contributed by atoms with Crippen LogP contribution >= 0.6 is 0 Å². The lowest BCUT2D eigenvalue weighted by Gasteiger charge is -2.09. The molecule has 94 valence electrons. The van der Waals surface area contributed by atoms with Crippen LogP contribution in [0.4, 0.5) is 0 Å². The average molecular weight is 241 g/mol. The van der Waals surface area contributed by atoms with Crippen LogP contribution < -0.4 is 0 Å². The molecule has 0 bridgehead atoms. The summed E-state index contributed by atoms with van der Waals surface area (Å²) in [6.45, 7) is 6.99. The van der Waals surface area contributed by atoms with Gasteiger partial charge >= 0.3 is 0 Å². The molecule has 0 fully saturated rings. The molecule has 0 unspecified atom stereocenters. The number of aryl methyl sites for hydroxylation is 3. The second-order valence-electron chi connectivity index (χ2n) is 4.74. The van der Waals surface area contributed by atoms with Gasteiger partial charge in [0.2, 0.25) is 0 Å². The van der Waals surface area contributed by atoms with Crippen LogP contribution in [0.1, 0.15) is 39.8 Å². The van der Waals surface area contributed by atoms with E-state index in [0.29, 0.717) is 0 Å². The van der Waals surface area contributed by atoms with Crippen LogP contribution in [0.25, 0.3) is 0 Å². The standard InChI is InChI=1S/C16H19NO/c1-4-15-9-13(3)17(16(15)11-18)10-14-7-5-6-12(2)8-14/h5-9,11H,4,10H2,1-3H3. The van der Waals surface area contributed by atoms with Crippen LogP contribution in [0.3, 0.4) is 0 Å². The average Bonchev–Trinajstić information content (AvgIpc) is 2.66. The van der Waals surface area contributed by atoms with Crippen molar-refractivity contribution in [2.75, 3.05) is 0 Å². The number of aldehydes is 1. The Bertz CT molecular complexity index is 566. The molecule has 0 spiro atoms. The molecule has 0 atom stereocenters. The van der Waals surface area contributed by atoms with E-state index in [2.05, 4.69) is 55.7 Å². The highest BCUT2D eigenvalue weighted by Gasteiger charge is 2.10. The highest BCUT2D eigenvalue weighted by Crippen LogP contribution is 2.17. The second-order valence-corrected chi connectivity index (χ2v) is 4.74. The Labute approximate surface area is 108 Å². The number of carbonyl (C=O) groups excluding carboxylic acids is 1. The Balaban J connectivity index is 2.39. The third-order valence-corrected chi connectivity index (χ3v) is 3.34. The molecular formula is C16H19NO. The van der Waals surface area contributed by atoms with Gasteiger partial charge in [0.25, 0.3) is 0 Å². The van der Waals surface area contributed by atoms with Crippen molar-refractivity contribution < 1.29 is 4.79 Å². The van der Waals surface area contributed by atoms with E-state index in [1.165, 1.54) is 11.1 Å². The van der Waals surface area contributed by atoms with E-state index in [4.69, 9.17) is 0 Å². The highest BCUT2D eigenvalue weighted by molar-refractivity contribution is 5.75. The third-order valence-electron chi connectivity index (χ3n) is 3.34. The minimum absolute atomic E-state index is 0.765. The lowest BCUT2D eigenvalue weighted by Crippen LogP contribution is -2.06. The zero-order valence-corrected chi connectivity index (χ0v) is 11.2. The van der Waals surface area contributed by atoms with Crippen LogP contribution in [0, 0.1) is 13.8 Å². The Morgan fingerprint density at radius 3 is 2.61 bits per heavy atom. The number of hydrogen-bond acceptors (Lipinski definition) is 1. The number of carbonyl (C=O) groups is 1. The van der Waals surface area contributed by atoms with Crippen LogP contribution in [0.15, 0.2) is 30.3 Å². The summed E-state index contributed by atoms with van der Waals surface area (Å²) in [6.07, 6.45) is 1.87. The summed E-state index contributed by atoms with van der Waals surface area (Å²) in [4.78, 5) is 11.3. The molecule has 1 aromatic heterocycles. The predicted molar refractivity (Wildman–Crippen MR) is 74.2 cm³/mol. The molecule has 0 N–H and O–H groups in total. The number of nitrogens with zero attached hydrogens (tertiary/aromatic N) is 1. The highest BCUT2D eigenvalue weighted by atomic mass is 16.1. The van der Waals surface area contributed by atoms with E-state index in [9.17, 15) is 4.79 Å². The van der Waals surface area contributed by atoms with Crippen LogP contribution in [-0.2, 0) is 13.0 Å². The molecule has 0 saturated heterocycles. The molecule has 2 heteroatoms. The Kier molecular flexibility index (Phi) is 3.66. The maximum Gasteiger partial charge on any atom is 0.166 e.